The first kappa shape index (κ1) is 22.2. The zero-order valence-electron chi connectivity index (χ0n) is 15.8. The van der Waals surface area contributed by atoms with E-state index in [1.54, 1.807) is 24.3 Å². The van der Waals surface area contributed by atoms with Crippen LogP contribution in [0.2, 0.25) is 0 Å². The summed E-state index contributed by atoms with van der Waals surface area (Å²) in [7, 11) is 0. The first-order valence-electron chi connectivity index (χ1n) is 8.81. The highest BCUT2D eigenvalue weighted by molar-refractivity contribution is 7.98. The Morgan fingerprint density at radius 3 is 2.38 bits per heavy atom. The molecule has 0 aliphatic heterocycles. The van der Waals surface area contributed by atoms with Gasteiger partial charge in [0.2, 0.25) is 0 Å². The molecule has 0 saturated heterocycles. The maximum absolute atomic E-state index is 12.9. The largest absolute Gasteiger partial charge is 0.484 e. The standard InChI is InChI=1S/C20H22FN3O4S/c1-29-12-11-17(22-18(25)13-28-16-5-3-2-4-6-16)20(27)24-23-19(26)14-7-9-15(21)10-8-14/h2-10,17H,11-13H2,1H3,(H,22,25)(H,23,26)(H,24,27). The van der Waals surface area contributed by atoms with Crippen LogP contribution in [0, 0.1) is 5.82 Å². The van der Waals surface area contributed by atoms with Crippen molar-refractivity contribution in [2.24, 2.45) is 0 Å². The molecule has 2 aromatic carbocycles. The summed E-state index contributed by atoms with van der Waals surface area (Å²) in [6.45, 7) is -0.241. The minimum absolute atomic E-state index is 0.188. The molecule has 154 valence electrons. The number of hydrazine groups is 1. The molecule has 1 atom stereocenters. The molecular formula is C20H22FN3O4S. The molecule has 0 bridgehead atoms. The molecule has 2 aromatic rings. The first-order chi connectivity index (χ1) is 14.0. The number of benzene rings is 2. The lowest BCUT2D eigenvalue weighted by Crippen LogP contribution is -2.53. The van der Waals surface area contributed by atoms with E-state index in [1.165, 1.54) is 23.9 Å². The number of hydrogen-bond donors (Lipinski definition) is 3. The summed E-state index contributed by atoms with van der Waals surface area (Å²) in [6, 6.07) is 12.9. The number of carbonyl (C=O) groups is 3. The lowest BCUT2D eigenvalue weighted by atomic mass is 10.2. The average molecular weight is 419 g/mol. The van der Waals surface area contributed by atoms with Crippen LogP contribution in [0.1, 0.15) is 16.8 Å². The summed E-state index contributed by atoms with van der Waals surface area (Å²) in [5, 5.41) is 2.60. The van der Waals surface area contributed by atoms with E-state index in [-0.39, 0.29) is 12.2 Å². The van der Waals surface area contributed by atoms with E-state index in [1.807, 2.05) is 12.3 Å². The molecule has 1 unspecified atom stereocenters. The van der Waals surface area contributed by atoms with E-state index < -0.39 is 29.6 Å². The Balaban J connectivity index is 1.86. The molecule has 3 amide bonds. The summed E-state index contributed by atoms with van der Waals surface area (Å²) in [6.07, 6.45) is 2.25. The monoisotopic (exact) mass is 419 g/mol. The molecule has 0 heterocycles. The van der Waals surface area contributed by atoms with E-state index in [0.717, 1.165) is 12.1 Å². The van der Waals surface area contributed by atoms with Gasteiger partial charge in [-0.3, -0.25) is 25.2 Å². The van der Waals surface area contributed by atoms with Crippen LogP contribution >= 0.6 is 11.8 Å². The van der Waals surface area contributed by atoms with Crippen LogP contribution in [0.25, 0.3) is 0 Å². The fourth-order valence-electron chi connectivity index (χ4n) is 2.29. The molecule has 0 radical (unpaired) electrons. The maximum atomic E-state index is 12.9. The van der Waals surface area contributed by atoms with Gasteiger partial charge in [0.25, 0.3) is 17.7 Å². The number of rotatable bonds is 9. The van der Waals surface area contributed by atoms with Gasteiger partial charge in [0, 0.05) is 5.56 Å². The van der Waals surface area contributed by atoms with Crippen molar-refractivity contribution in [2.75, 3.05) is 18.6 Å². The van der Waals surface area contributed by atoms with Crippen molar-refractivity contribution in [1.29, 1.82) is 0 Å². The van der Waals surface area contributed by atoms with Crippen molar-refractivity contribution in [3.8, 4) is 5.75 Å². The molecule has 0 aromatic heterocycles. The number of halogens is 1. The van der Waals surface area contributed by atoms with E-state index in [4.69, 9.17) is 4.74 Å². The van der Waals surface area contributed by atoms with Gasteiger partial charge in [-0.25, -0.2) is 4.39 Å². The summed E-state index contributed by atoms with van der Waals surface area (Å²) in [5.41, 5.74) is 4.73. The Kier molecular flexibility index (Phi) is 8.97. The zero-order chi connectivity index (χ0) is 21.1. The Labute approximate surface area is 172 Å². The summed E-state index contributed by atoms with van der Waals surface area (Å²) in [4.78, 5) is 36.6. The SMILES string of the molecule is CSCCC(NC(=O)COc1ccccc1)C(=O)NNC(=O)c1ccc(F)cc1. The van der Waals surface area contributed by atoms with Gasteiger partial charge in [-0.2, -0.15) is 11.8 Å². The van der Waals surface area contributed by atoms with E-state index >= 15 is 0 Å². The van der Waals surface area contributed by atoms with Crippen LogP contribution in [0.4, 0.5) is 4.39 Å². The summed E-state index contributed by atoms with van der Waals surface area (Å²) >= 11 is 1.52. The van der Waals surface area contributed by atoms with Crippen LogP contribution in [-0.4, -0.2) is 42.4 Å². The Morgan fingerprint density at radius 2 is 1.72 bits per heavy atom. The molecule has 3 N–H and O–H groups in total. The second-order valence-corrected chi connectivity index (χ2v) is 6.94. The van der Waals surface area contributed by atoms with Gasteiger partial charge in [0.15, 0.2) is 6.61 Å². The van der Waals surface area contributed by atoms with Gasteiger partial charge in [-0.1, -0.05) is 18.2 Å². The van der Waals surface area contributed by atoms with E-state index in [9.17, 15) is 18.8 Å². The Bertz CT molecular complexity index is 818. The highest BCUT2D eigenvalue weighted by atomic mass is 32.2. The molecule has 9 heteroatoms. The minimum atomic E-state index is -0.845. The van der Waals surface area contributed by atoms with Gasteiger partial charge in [0.05, 0.1) is 0 Å². The van der Waals surface area contributed by atoms with Crippen molar-refractivity contribution in [3.05, 3.63) is 66.0 Å². The molecule has 0 spiro atoms. The smallest absolute Gasteiger partial charge is 0.269 e. The number of hydrogen-bond acceptors (Lipinski definition) is 5. The highest BCUT2D eigenvalue weighted by Gasteiger charge is 2.21. The molecule has 29 heavy (non-hydrogen) atoms. The number of para-hydroxylation sites is 1. The predicted octanol–water partition coefficient (Wildman–Crippen LogP) is 1.90. The lowest BCUT2D eigenvalue weighted by Gasteiger charge is -2.18. The number of thioether (sulfide) groups is 1. The second kappa shape index (κ2) is 11.7. The van der Waals surface area contributed by atoms with E-state index in [0.29, 0.717) is 17.9 Å². The van der Waals surface area contributed by atoms with Gasteiger partial charge in [-0.15, -0.1) is 0 Å². The number of amides is 3. The molecule has 7 nitrogen and oxygen atoms in total. The van der Waals surface area contributed by atoms with Crippen LogP contribution in [0.3, 0.4) is 0 Å². The van der Waals surface area contributed by atoms with Gasteiger partial charge >= 0.3 is 0 Å². The normalized spacial score (nSPS) is 11.2. The van der Waals surface area contributed by atoms with Gasteiger partial charge < -0.3 is 10.1 Å². The maximum Gasteiger partial charge on any atom is 0.269 e. The van der Waals surface area contributed by atoms with Crippen molar-refractivity contribution in [1.82, 2.24) is 16.2 Å². The second-order valence-electron chi connectivity index (χ2n) is 5.95. The van der Waals surface area contributed by atoms with Crippen molar-refractivity contribution >= 4 is 29.5 Å². The molecule has 0 saturated carbocycles. The van der Waals surface area contributed by atoms with Crippen molar-refractivity contribution < 1.29 is 23.5 Å². The number of nitrogens with one attached hydrogen (secondary N) is 3. The van der Waals surface area contributed by atoms with Crippen LogP contribution in [-0.2, 0) is 9.59 Å². The van der Waals surface area contributed by atoms with Crippen LogP contribution in [0.5, 0.6) is 5.75 Å². The fraction of sp³-hybridized carbons (Fsp3) is 0.250. The molecule has 0 fully saturated rings. The number of ether oxygens (including phenoxy) is 1. The highest BCUT2D eigenvalue weighted by Crippen LogP contribution is 2.08. The third kappa shape index (κ3) is 7.82. The lowest BCUT2D eigenvalue weighted by molar-refractivity contribution is -0.130. The molecule has 2 rings (SSSR count). The molecule has 0 aliphatic carbocycles. The van der Waals surface area contributed by atoms with Crippen LogP contribution in [0.15, 0.2) is 54.6 Å². The Hall–Kier alpha value is -3.07. The van der Waals surface area contributed by atoms with Gasteiger partial charge in [-0.05, 0) is 54.8 Å². The fourth-order valence-corrected chi connectivity index (χ4v) is 2.76. The predicted molar refractivity (Wildman–Crippen MR) is 109 cm³/mol. The van der Waals surface area contributed by atoms with Crippen LogP contribution < -0.4 is 20.9 Å². The first-order valence-corrected chi connectivity index (χ1v) is 10.2. The summed E-state index contributed by atoms with van der Waals surface area (Å²) < 4.78 is 18.3. The zero-order valence-corrected chi connectivity index (χ0v) is 16.6. The Morgan fingerprint density at radius 1 is 1.03 bits per heavy atom. The number of carbonyl (C=O) groups excluding carboxylic acids is 3. The topological polar surface area (TPSA) is 96.5 Å². The van der Waals surface area contributed by atoms with Crippen molar-refractivity contribution in [3.63, 3.8) is 0 Å². The quantitative estimate of drug-likeness (QED) is 0.540. The van der Waals surface area contributed by atoms with Gasteiger partial charge in [0.1, 0.15) is 17.6 Å². The van der Waals surface area contributed by atoms with Crippen molar-refractivity contribution in [2.45, 2.75) is 12.5 Å². The third-order valence-electron chi connectivity index (χ3n) is 3.78. The minimum Gasteiger partial charge on any atom is -0.484 e. The molecule has 0 aliphatic rings. The molecular weight excluding hydrogens is 397 g/mol. The van der Waals surface area contributed by atoms with E-state index in [2.05, 4.69) is 16.2 Å². The third-order valence-corrected chi connectivity index (χ3v) is 4.43. The summed E-state index contributed by atoms with van der Waals surface area (Å²) in [5.74, 6) is -0.921. The average Bonchev–Trinajstić information content (AvgIpc) is 2.74.